The summed E-state index contributed by atoms with van der Waals surface area (Å²) in [5.74, 6) is -0.390. The lowest BCUT2D eigenvalue weighted by molar-refractivity contribution is 0.0729. The smallest absolute Gasteiger partial charge is 0.343 e. The van der Waals surface area contributed by atoms with Crippen molar-refractivity contribution in [3.63, 3.8) is 0 Å². The first-order valence-electron chi connectivity index (χ1n) is 8.32. The number of esters is 1. The first-order valence-corrected chi connectivity index (χ1v) is 9.11. The summed E-state index contributed by atoms with van der Waals surface area (Å²) in [4.78, 5) is 31.9. The number of carbonyl (C=O) groups is 2. The highest BCUT2D eigenvalue weighted by Gasteiger charge is 2.13. The highest BCUT2D eigenvalue weighted by atomic mass is 79.9. The molecule has 3 aromatic rings. The molecule has 0 saturated carbocycles. The molecular formula is C20H15BrN4O4. The topological polar surface area (TPSA) is 103 Å². The van der Waals surface area contributed by atoms with E-state index in [1.54, 1.807) is 36.4 Å². The van der Waals surface area contributed by atoms with Gasteiger partial charge in [0.2, 0.25) is 0 Å². The molecule has 0 saturated heterocycles. The van der Waals surface area contributed by atoms with Crippen LogP contribution in [0.25, 0.3) is 0 Å². The Morgan fingerprint density at radius 2 is 2.00 bits per heavy atom. The van der Waals surface area contributed by atoms with Crippen LogP contribution in [-0.4, -0.2) is 35.2 Å². The Bertz CT molecular complexity index is 1060. The van der Waals surface area contributed by atoms with E-state index < -0.39 is 11.9 Å². The van der Waals surface area contributed by atoms with Crippen molar-refractivity contribution in [1.29, 1.82) is 0 Å². The predicted molar refractivity (Wildman–Crippen MR) is 109 cm³/mol. The number of ether oxygens (including phenoxy) is 2. The second kappa shape index (κ2) is 9.56. The molecule has 29 heavy (non-hydrogen) atoms. The quantitative estimate of drug-likeness (QED) is 0.265. The minimum absolute atomic E-state index is 0.150. The molecule has 2 aromatic carbocycles. The largest absolute Gasteiger partial charge is 0.493 e. The van der Waals surface area contributed by atoms with E-state index in [4.69, 9.17) is 9.47 Å². The lowest BCUT2D eigenvalue weighted by Crippen LogP contribution is -2.19. The van der Waals surface area contributed by atoms with Gasteiger partial charge in [-0.2, -0.15) is 5.10 Å². The maximum atomic E-state index is 12.3. The third kappa shape index (κ3) is 5.45. The molecule has 146 valence electrons. The van der Waals surface area contributed by atoms with Gasteiger partial charge < -0.3 is 9.47 Å². The fourth-order valence-electron chi connectivity index (χ4n) is 2.26. The number of nitrogens with one attached hydrogen (secondary N) is 1. The number of amides is 1. The van der Waals surface area contributed by atoms with Crippen molar-refractivity contribution >= 4 is 34.0 Å². The number of methoxy groups -OCH3 is 1. The Morgan fingerprint density at radius 1 is 1.14 bits per heavy atom. The van der Waals surface area contributed by atoms with Crippen molar-refractivity contribution in [2.24, 2.45) is 5.10 Å². The summed E-state index contributed by atoms with van der Waals surface area (Å²) < 4.78 is 11.5. The summed E-state index contributed by atoms with van der Waals surface area (Å²) in [6.07, 6.45) is 5.65. The zero-order valence-electron chi connectivity index (χ0n) is 15.2. The van der Waals surface area contributed by atoms with Crippen LogP contribution in [0.1, 0.15) is 26.4 Å². The van der Waals surface area contributed by atoms with Crippen LogP contribution in [0.5, 0.6) is 11.5 Å². The van der Waals surface area contributed by atoms with Gasteiger partial charge in [0.05, 0.1) is 25.1 Å². The van der Waals surface area contributed by atoms with E-state index in [1.807, 2.05) is 6.07 Å². The summed E-state index contributed by atoms with van der Waals surface area (Å²) in [6.45, 7) is 0. The Hall–Kier alpha value is -3.59. The molecule has 0 spiro atoms. The number of rotatable bonds is 6. The molecule has 0 unspecified atom stereocenters. The van der Waals surface area contributed by atoms with Crippen molar-refractivity contribution < 1.29 is 19.1 Å². The van der Waals surface area contributed by atoms with Crippen molar-refractivity contribution in [2.45, 2.75) is 0 Å². The van der Waals surface area contributed by atoms with Gasteiger partial charge in [-0.15, -0.1) is 0 Å². The van der Waals surface area contributed by atoms with Gasteiger partial charge >= 0.3 is 5.97 Å². The summed E-state index contributed by atoms with van der Waals surface area (Å²) in [5.41, 5.74) is 3.54. The Morgan fingerprint density at radius 3 is 2.72 bits per heavy atom. The molecule has 9 heteroatoms. The molecule has 1 heterocycles. The molecule has 1 aromatic heterocycles. The van der Waals surface area contributed by atoms with Gasteiger partial charge in [-0.3, -0.25) is 9.78 Å². The lowest BCUT2D eigenvalue weighted by Gasteiger charge is -2.10. The Balaban J connectivity index is 1.68. The van der Waals surface area contributed by atoms with E-state index >= 15 is 0 Å². The van der Waals surface area contributed by atoms with Crippen LogP contribution in [0.15, 0.2) is 70.6 Å². The standard InChI is InChI=1S/C20H15BrN4O4/c1-28-18-9-13(11-24-25-19(26)16-12-22-7-8-23-16)5-6-17(18)29-20(27)14-3-2-4-15(21)10-14/h2-12H,1H3,(H,25,26)/b24-11-. The molecule has 8 nitrogen and oxygen atoms in total. The molecule has 1 N–H and O–H groups in total. The van der Waals surface area contributed by atoms with E-state index in [2.05, 4.69) is 36.4 Å². The van der Waals surface area contributed by atoms with E-state index in [-0.39, 0.29) is 11.4 Å². The van der Waals surface area contributed by atoms with E-state index in [1.165, 1.54) is 31.9 Å². The SMILES string of the molecule is COc1cc(/C=N\NC(=O)c2cnccn2)ccc1OC(=O)c1cccc(Br)c1. The van der Waals surface area contributed by atoms with Crippen molar-refractivity contribution in [2.75, 3.05) is 7.11 Å². The molecule has 3 rings (SSSR count). The van der Waals surface area contributed by atoms with Gasteiger partial charge in [0.15, 0.2) is 11.5 Å². The third-order valence-electron chi connectivity index (χ3n) is 3.63. The number of nitrogens with zero attached hydrogens (tertiary/aromatic N) is 3. The number of carbonyl (C=O) groups excluding carboxylic acids is 2. The predicted octanol–water partition coefficient (Wildman–Crippen LogP) is 3.23. The van der Waals surface area contributed by atoms with Crippen LogP contribution in [0.3, 0.4) is 0 Å². The molecule has 0 radical (unpaired) electrons. The Kier molecular flexibility index (Phi) is 6.64. The van der Waals surface area contributed by atoms with Gasteiger partial charge in [-0.05, 0) is 42.0 Å². The monoisotopic (exact) mass is 454 g/mol. The average Bonchev–Trinajstić information content (AvgIpc) is 2.75. The van der Waals surface area contributed by atoms with Crippen LogP contribution in [0.2, 0.25) is 0 Å². The minimum Gasteiger partial charge on any atom is -0.493 e. The first kappa shape index (κ1) is 20.2. The van der Waals surface area contributed by atoms with Gasteiger partial charge in [-0.25, -0.2) is 15.2 Å². The van der Waals surface area contributed by atoms with Crippen molar-refractivity contribution in [3.05, 3.63) is 82.3 Å². The molecule has 0 aliphatic carbocycles. The van der Waals surface area contributed by atoms with Crippen molar-refractivity contribution in [1.82, 2.24) is 15.4 Å². The maximum absolute atomic E-state index is 12.3. The summed E-state index contributed by atoms with van der Waals surface area (Å²) in [7, 11) is 1.46. The fourth-order valence-corrected chi connectivity index (χ4v) is 2.66. The van der Waals surface area contributed by atoms with E-state index in [9.17, 15) is 9.59 Å². The van der Waals surface area contributed by atoms with Gasteiger partial charge in [0, 0.05) is 16.9 Å². The number of hydrazone groups is 1. The van der Waals surface area contributed by atoms with Crippen LogP contribution in [-0.2, 0) is 0 Å². The zero-order valence-corrected chi connectivity index (χ0v) is 16.8. The molecule has 0 bridgehead atoms. The highest BCUT2D eigenvalue weighted by Crippen LogP contribution is 2.28. The second-order valence-corrected chi connectivity index (χ2v) is 6.52. The van der Waals surface area contributed by atoms with Crippen LogP contribution in [0, 0.1) is 0 Å². The van der Waals surface area contributed by atoms with Crippen LogP contribution < -0.4 is 14.9 Å². The molecule has 0 fully saturated rings. The number of halogens is 1. The second-order valence-electron chi connectivity index (χ2n) is 5.60. The normalized spacial score (nSPS) is 10.6. The summed E-state index contributed by atoms with van der Waals surface area (Å²) in [5, 5.41) is 3.88. The first-order chi connectivity index (χ1) is 14.1. The van der Waals surface area contributed by atoms with Gasteiger partial charge in [0.25, 0.3) is 5.91 Å². The Labute approximate surface area is 174 Å². The maximum Gasteiger partial charge on any atom is 0.343 e. The van der Waals surface area contributed by atoms with Gasteiger partial charge in [-0.1, -0.05) is 22.0 Å². The van der Waals surface area contributed by atoms with Gasteiger partial charge in [0.1, 0.15) is 5.69 Å². The summed E-state index contributed by atoms with van der Waals surface area (Å²) >= 11 is 3.32. The molecule has 1 amide bonds. The summed E-state index contributed by atoms with van der Waals surface area (Å²) in [6, 6.07) is 11.8. The molecule has 0 aliphatic rings. The van der Waals surface area contributed by atoms with E-state index in [0.29, 0.717) is 16.9 Å². The third-order valence-corrected chi connectivity index (χ3v) is 4.12. The van der Waals surface area contributed by atoms with E-state index in [0.717, 1.165) is 4.47 Å². The van der Waals surface area contributed by atoms with Crippen molar-refractivity contribution in [3.8, 4) is 11.5 Å². The molecular weight excluding hydrogens is 440 g/mol. The number of hydrogen-bond donors (Lipinski definition) is 1. The molecule has 0 atom stereocenters. The highest BCUT2D eigenvalue weighted by molar-refractivity contribution is 9.10. The number of benzene rings is 2. The number of aromatic nitrogens is 2. The lowest BCUT2D eigenvalue weighted by atomic mass is 10.2. The fraction of sp³-hybridized carbons (Fsp3) is 0.0500. The average molecular weight is 455 g/mol. The van der Waals surface area contributed by atoms with Crippen LogP contribution >= 0.6 is 15.9 Å². The minimum atomic E-state index is -0.512. The zero-order chi connectivity index (χ0) is 20.6. The number of hydrogen-bond acceptors (Lipinski definition) is 7. The van der Waals surface area contributed by atoms with Crippen LogP contribution in [0.4, 0.5) is 0 Å². The molecule has 0 aliphatic heterocycles.